The maximum absolute atomic E-state index is 3.64. The highest BCUT2D eigenvalue weighted by molar-refractivity contribution is 5.49. The summed E-state index contributed by atoms with van der Waals surface area (Å²) < 4.78 is 0. The quantitative estimate of drug-likeness (QED) is 0.904. The van der Waals surface area contributed by atoms with Gasteiger partial charge in [0.05, 0.1) is 0 Å². The van der Waals surface area contributed by atoms with Crippen LogP contribution in [0.1, 0.15) is 30.4 Å². The van der Waals surface area contributed by atoms with E-state index in [-0.39, 0.29) is 0 Å². The molecule has 1 heterocycles. The molecule has 120 valence electrons. The molecule has 1 saturated heterocycles. The minimum atomic E-state index is 0.608. The summed E-state index contributed by atoms with van der Waals surface area (Å²) in [5, 5.41) is 3.64. The summed E-state index contributed by atoms with van der Waals surface area (Å²) in [4.78, 5) is 2.65. The van der Waals surface area contributed by atoms with Gasteiger partial charge in [0.2, 0.25) is 0 Å². The van der Waals surface area contributed by atoms with Crippen molar-refractivity contribution in [2.24, 2.45) is 0 Å². The van der Waals surface area contributed by atoms with Crippen LogP contribution in [0.15, 0.2) is 54.6 Å². The second-order valence-electron chi connectivity index (χ2n) is 6.94. The molecule has 2 nitrogen and oxygen atoms in total. The molecule has 1 aliphatic carbocycles. The molecule has 23 heavy (non-hydrogen) atoms. The average Bonchev–Trinajstić information content (AvgIpc) is 3.25. The van der Waals surface area contributed by atoms with Crippen LogP contribution in [0, 0.1) is 0 Å². The zero-order valence-corrected chi connectivity index (χ0v) is 13.7. The predicted octanol–water partition coefficient (Wildman–Crippen LogP) is 3.80. The van der Waals surface area contributed by atoms with Gasteiger partial charge >= 0.3 is 0 Å². The van der Waals surface area contributed by atoms with Crippen molar-refractivity contribution in [2.75, 3.05) is 18.0 Å². The van der Waals surface area contributed by atoms with Crippen LogP contribution < -0.4 is 10.2 Å². The molecule has 0 unspecified atom stereocenters. The highest BCUT2D eigenvalue weighted by atomic mass is 15.2. The molecule has 0 saturated carbocycles. The summed E-state index contributed by atoms with van der Waals surface area (Å²) in [5.41, 5.74) is 4.46. The Hall–Kier alpha value is -1.80. The van der Waals surface area contributed by atoms with Gasteiger partial charge < -0.3 is 10.2 Å². The number of anilines is 1. The van der Waals surface area contributed by atoms with E-state index in [2.05, 4.69) is 64.8 Å². The van der Waals surface area contributed by atoms with Crippen LogP contribution in [0.4, 0.5) is 5.69 Å². The molecule has 1 N–H and O–H groups in total. The van der Waals surface area contributed by atoms with Crippen molar-refractivity contribution in [2.45, 2.75) is 44.2 Å². The third-order valence-corrected chi connectivity index (χ3v) is 5.44. The van der Waals surface area contributed by atoms with Gasteiger partial charge in [-0.2, -0.15) is 0 Å². The summed E-state index contributed by atoms with van der Waals surface area (Å²) in [5.74, 6) is 0. The van der Waals surface area contributed by atoms with Crippen LogP contribution in [0.2, 0.25) is 0 Å². The Kier molecular flexibility index (Phi) is 4.34. The smallest absolute Gasteiger partial charge is 0.0370 e. The van der Waals surface area contributed by atoms with Gasteiger partial charge in [-0.05, 0) is 61.9 Å². The fourth-order valence-corrected chi connectivity index (χ4v) is 4.20. The summed E-state index contributed by atoms with van der Waals surface area (Å²) >= 11 is 0. The van der Waals surface area contributed by atoms with Crippen molar-refractivity contribution in [1.82, 2.24) is 5.32 Å². The standard InChI is InChI=1S/C21H26N2/c1-2-10-20(11-3-1)23(14-12-19-9-6-13-22-19)21-15-17-7-4-5-8-18(17)16-21/h1-5,7-8,10-11,19,21-22H,6,9,12-16H2/t19-/m0/s1. The second kappa shape index (κ2) is 6.76. The van der Waals surface area contributed by atoms with Gasteiger partial charge in [-0.1, -0.05) is 42.5 Å². The molecular formula is C21H26N2. The van der Waals surface area contributed by atoms with Crippen molar-refractivity contribution < 1.29 is 0 Å². The van der Waals surface area contributed by atoms with Gasteiger partial charge in [0, 0.05) is 24.3 Å². The van der Waals surface area contributed by atoms with E-state index in [1.807, 2.05) is 0 Å². The number of rotatable bonds is 5. The maximum Gasteiger partial charge on any atom is 0.0370 e. The summed E-state index contributed by atoms with van der Waals surface area (Å²) in [6, 6.07) is 21.3. The van der Waals surface area contributed by atoms with E-state index in [4.69, 9.17) is 0 Å². The fraction of sp³-hybridized carbons (Fsp3) is 0.429. The third-order valence-electron chi connectivity index (χ3n) is 5.44. The van der Waals surface area contributed by atoms with E-state index in [1.165, 1.54) is 55.5 Å². The van der Waals surface area contributed by atoms with E-state index in [0.29, 0.717) is 12.1 Å². The van der Waals surface area contributed by atoms with Gasteiger partial charge in [0.25, 0.3) is 0 Å². The molecule has 4 rings (SSSR count). The van der Waals surface area contributed by atoms with E-state index in [1.54, 1.807) is 0 Å². The first-order valence-electron chi connectivity index (χ1n) is 9.02. The van der Waals surface area contributed by atoms with Crippen LogP contribution in [-0.2, 0) is 12.8 Å². The minimum Gasteiger partial charge on any atom is -0.368 e. The topological polar surface area (TPSA) is 15.3 Å². The Balaban J connectivity index is 1.51. The van der Waals surface area contributed by atoms with E-state index in [0.717, 1.165) is 6.54 Å². The van der Waals surface area contributed by atoms with Crippen LogP contribution in [0.25, 0.3) is 0 Å². The third kappa shape index (κ3) is 3.28. The molecule has 2 aliphatic rings. The van der Waals surface area contributed by atoms with E-state index >= 15 is 0 Å². The summed E-state index contributed by atoms with van der Waals surface area (Å²) in [6.45, 7) is 2.35. The highest BCUT2D eigenvalue weighted by Gasteiger charge is 2.27. The lowest BCUT2D eigenvalue weighted by Gasteiger charge is -2.32. The van der Waals surface area contributed by atoms with Crippen molar-refractivity contribution in [3.05, 3.63) is 65.7 Å². The molecule has 0 radical (unpaired) electrons. The monoisotopic (exact) mass is 306 g/mol. The number of nitrogens with one attached hydrogen (secondary N) is 1. The van der Waals surface area contributed by atoms with Gasteiger partial charge in [-0.15, -0.1) is 0 Å². The molecule has 2 aromatic rings. The van der Waals surface area contributed by atoms with Gasteiger partial charge in [-0.3, -0.25) is 0 Å². The lowest BCUT2D eigenvalue weighted by atomic mass is 10.1. The first kappa shape index (κ1) is 14.8. The molecule has 1 atom stereocenters. The number of benzene rings is 2. The highest BCUT2D eigenvalue weighted by Crippen LogP contribution is 2.29. The van der Waals surface area contributed by atoms with E-state index in [9.17, 15) is 0 Å². The molecule has 1 fully saturated rings. The van der Waals surface area contributed by atoms with Crippen LogP contribution in [0.3, 0.4) is 0 Å². The zero-order valence-electron chi connectivity index (χ0n) is 13.7. The first-order valence-corrected chi connectivity index (χ1v) is 9.02. The van der Waals surface area contributed by atoms with Gasteiger partial charge in [0.1, 0.15) is 0 Å². The van der Waals surface area contributed by atoms with Gasteiger partial charge in [0.15, 0.2) is 0 Å². The molecule has 1 aliphatic heterocycles. The Morgan fingerprint density at radius 2 is 1.61 bits per heavy atom. The normalized spacial score (nSPS) is 20.6. The molecule has 0 amide bonds. The van der Waals surface area contributed by atoms with Crippen molar-refractivity contribution in [3.8, 4) is 0 Å². The van der Waals surface area contributed by atoms with Crippen molar-refractivity contribution >= 4 is 5.69 Å². The number of nitrogens with zero attached hydrogens (tertiary/aromatic N) is 1. The van der Waals surface area contributed by atoms with Crippen molar-refractivity contribution in [1.29, 1.82) is 0 Å². The Bertz CT molecular complexity index is 606. The largest absolute Gasteiger partial charge is 0.368 e. The Morgan fingerprint density at radius 1 is 0.913 bits per heavy atom. The SMILES string of the molecule is c1ccc(N(CC[C@@H]2CCCN2)C2Cc3ccccc3C2)cc1. The molecule has 0 spiro atoms. The zero-order chi connectivity index (χ0) is 15.5. The molecule has 2 aromatic carbocycles. The molecule has 2 heteroatoms. The van der Waals surface area contributed by atoms with Gasteiger partial charge in [-0.25, -0.2) is 0 Å². The van der Waals surface area contributed by atoms with Crippen LogP contribution in [-0.4, -0.2) is 25.2 Å². The van der Waals surface area contributed by atoms with Crippen molar-refractivity contribution in [3.63, 3.8) is 0 Å². The molecule has 0 aromatic heterocycles. The van der Waals surface area contributed by atoms with E-state index < -0.39 is 0 Å². The average molecular weight is 306 g/mol. The molecular weight excluding hydrogens is 280 g/mol. The van der Waals surface area contributed by atoms with Crippen LogP contribution >= 0.6 is 0 Å². The lowest BCUT2D eigenvalue weighted by Crippen LogP contribution is -2.39. The number of para-hydroxylation sites is 1. The summed E-state index contributed by atoms with van der Waals surface area (Å²) in [7, 11) is 0. The predicted molar refractivity (Wildman–Crippen MR) is 97.1 cm³/mol. The first-order chi connectivity index (χ1) is 11.4. The number of hydrogen-bond acceptors (Lipinski definition) is 2. The molecule has 0 bridgehead atoms. The number of fused-ring (bicyclic) bond motifs is 1. The summed E-state index contributed by atoms with van der Waals surface area (Å²) in [6.07, 6.45) is 6.30. The minimum absolute atomic E-state index is 0.608. The Labute approximate surface area is 139 Å². The fourth-order valence-electron chi connectivity index (χ4n) is 4.20. The maximum atomic E-state index is 3.64. The Morgan fingerprint density at radius 3 is 2.26 bits per heavy atom. The number of hydrogen-bond donors (Lipinski definition) is 1. The van der Waals surface area contributed by atoms with Crippen LogP contribution in [0.5, 0.6) is 0 Å². The lowest BCUT2D eigenvalue weighted by molar-refractivity contribution is 0.521. The second-order valence-corrected chi connectivity index (χ2v) is 6.94.